The molecule has 0 fully saturated rings. The van der Waals surface area contributed by atoms with Crippen molar-refractivity contribution >= 4 is 17.1 Å². The molecule has 8 nitrogen and oxygen atoms in total. The number of esters is 1. The van der Waals surface area contributed by atoms with E-state index in [0.29, 0.717) is 37.2 Å². The number of carbonyl (C=O) groups is 1. The first-order valence-corrected chi connectivity index (χ1v) is 7.42. The van der Waals surface area contributed by atoms with E-state index in [-0.39, 0.29) is 24.5 Å². The standard InChI is InChI=1S/C14H20N4O4/c1-3-17-9-15-12-11(17)13(20)18(14(21)16-12)8-6-5-7-10(19)22-4-2/h9H,3-8H2,1-2H3,(H,16,21). The molecule has 0 aliphatic rings. The second-order valence-electron chi connectivity index (χ2n) is 4.88. The lowest BCUT2D eigenvalue weighted by molar-refractivity contribution is -0.143. The van der Waals surface area contributed by atoms with Gasteiger partial charge in [0.05, 0.1) is 12.9 Å². The highest BCUT2D eigenvalue weighted by Gasteiger charge is 2.12. The summed E-state index contributed by atoms with van der Waals surface area (Å²) in [6.45, 7) is 4.87. The van der Waals surface area contributed by atoms with E-state index in [1.54, 1.807) is 11.5 Å². The van der Waals surface area contributed by atoms with Gasteiger partial charge in [-0.1, -0.05) is 0 Å². The van der Waals surface area contributed by atoms with Crippen LogP contribution < -0.4 is 11.2 Å². The molecule has 2 heterocycles. The Bertz CT molecular complexity index is 771. The number of rotatable bonds is 7. The molecule has 2 rings (SSSR count). The van der Waals surface area contributed by atoms with Gasteiger partial charge in [0.25, 0.3) is 5.56 Å². The zero-order valence-corrected chi connectivity index (χ0v) is 12.8. The van der Waals surface area contributed by atoms with Crippen molar-refractivity contribution in [2.45, 2.75) is 46.2 Å². The van der Waals surface area contributed by atoms with E-state index in [4.69, 9.17) is 4.74 Å². The monoisotopic (exact) mass is 308 g/mol. The Morgan fingerprint density at radius 2 is 2.09 bits per heavy atom. The van der Waals surface area contributed by atoms with Crippen LogP contribution in [0.2, 0.25) is 0 Å². The van der Waals surface area contributed by atoms with Crippen molar-refractivity contribution in [3.63, 3.8) is 0 Å². The Kier molecular flexibility index (Phi) is 5.13. The maximum absolute atomic E-state index is 12.4. The van der Waals surface area contributed by atoms with Gasteiger partial charge >= 0.3 is 11.7 Å². The van der Waals surface area contributed by atoms with E-state index in [2.05, 4.69) is 9.97 Å². The van der Waals surface area contributed by atoms with E-state index < -0.39 is 5.69 Å². The van der Waals surface area contributed by atoms with Gasteiger partial charge in [0.1, 0.15) is 0 Å². The summed E-state index contributed by atoms with van der Waals surface area (Å²) in [6, 6.07) is 0. The molecule has 0 radical (unpaired) electrons. The molecule has 0 saturated carbocycles. The minimum absolute atomic E-state index is 0.261. The Hall–Kier alpha value is -2.38. The Morgan fingerprint density at radius 3 is 2.77 bits per heavy atom. The molecule has 22 heavy (non-hydrogen) atoms. The summed E-state index contributed by atoms with van der Waals surface area (Å²) in [6.07, 6.45) is 2.94. The van der Waals surface area contributed by atoms with Gasteiger partial charge in [-0.3, -0.25) is 19.1 Å². The van der Waals surface area contributed by atoms with E-state index in [1.165, 1.54) is 6.33 Å². The smallest absolute Gasteiger partial charge is 0.330 e. The predicted molar refractivity (Wildman–Crippen MR) is 80.8 cm³/mol. The van der Waals surface area contributed by atoms with E-state index in [9.17, 15) is 14.4 Å². The number of carbonyl (C=O) groups excluding carboxylic acids is 1. The summed E-state index contributed by atoms with van der Waals surface area (Å²) in [5, 5.41) is 0. The van der Waals surface area contributed by atoms with Crippen molar-refractivity contribution in [3.05, 3.63) is 27.2 Å². The number of ether oxygens (including phenoxy) is 1. The maximum atomic E-state index is 12.4. The van der Waals surface area contributed by atoms with E-state index in [0.717, 1.165) is 4.57 Å². The molecule has 2 aromatic rings. The van der Waals surface area contributed by atoms with E-state index >= 15 is 0 Å². The Labute approximate surface area is 126 Å². The molecule has 0 aliphatic carbocycles. The molecule has 0 bridgehead atoms. The number of imidazole rings is 1. The van der Waals surface area contributed by atoms with Gasteiger partial charge in [-0.05, 0) is 26.7 Å². The van der Waals surface area contributed by atoms with Crippen molar-refractivity contribution in [2.75, 3.05) is 6.61 Å². The fourth-order valence-electron chi connectivity index (χ4n) is 2.30. The average molecular weight is 308 g/mol. The molecule has 1 N–H and O–H groups in total. The molecule has 2 aromatic heterocycles. The van der Waals surface area contributed by atoms with Crippen LogP contribution in [0.4, 0.5) is 0 Å². The number of aromatic amines is 1. The third-order valence-electron chi connectivity index (χ3n) is 3.41. The van der Waals surface area contributed by atoms with Crippen LogP contribution in [0.15, 0.2) is 15.9 Å². The lowest BCUT2D eigenvalue weighted by Gasteiger charge is -2.06. The molecule has 0 amide bonds. The highest BCUT2D eigenvalue weighted by Crippen LogP contribution is 2.04. The molecule has 0 spiro atoms. The average Bonchev–Trinajstić information content (AvgIpc) is 2.89. The predicted octanol–water partition coefficient (Wildman–Crippen LogP) is 0.640. The SMILES string of the molecule is CCOC(=O)CCCCn1c(=O)[nH]c2ncn(CC)c2c1=O. The molecule has 0 aromatic carbocycles. The molecule has 0 atom stereocenters. The first kappa shape index (κ1) is 16.0. The van der Waals surface area contributed by atoms with Crippen molar-refractivity contribution in [1.29, 1.82) is 0 Å². The van der Waals surface area contributed by atoms with Crippen LogP contribution in [-0.4, -0.2) is 31.7 Å². The summed E-state index contributed by atoms with van der Waals surface area (Å²) in [5.41, 5.74) is -0.128. The number of aryl methyl sites for hydroxylation is 1. The van der Waals surface area contributed by atoms with Crippen LogP contribution in [0.3, 0.4) is 0 Å². The normalized spacial score (nSPS) is 11.0. The van der Waals surface area contributed by atoms with Crippen LogP contribution in [-0.2, 0) is 22.6 Å². The topological polar surface area (TPSA) is 99.0 Å². The number of nitrogens with one attached hydrogen (secondary N) is 1. The summed E-state index contributed by atoms with van der Waals surface area (Å²) < 4.78 is 7.68. The number of fused-ring (bicyclic) bond motifs is 1. The fraction of sp³-hybridized carbons (Fsp3) is 0.571. The molecular weight excluding hydrogens is 288 g/mol. The van der Waals surface area contributed by atoms with Crippen molar-refractivity contribution in [1.82, 2.24) is 19.1 Å². The number of aromatic nitrogens is 4. The molecule has 0 unspecified atom stereocenters. The largest absolute Gasteiger partial charge is 0.466 e. The number of hydrogen-bond donors (Lipinski definition) is 1. The summed E-state index contributed by atoms with van der Waals surface area (Å²) >= 11 is 0. The molecular formula is C14H20N4O4. The highest BCUT2D eigenvalue weighted by molar-refractivity contribution is 5.69. The summed E-state index contributed by atoms with van der Waals surface area (Å²) in [4.78, 5) is 42.2. The first-order valence-electron chi connectivity index (χ1n) is 7.42. The van der Waals surface area contributed by atoms with Gasteiger partial charge in [-0.25, -0.2) is 9.78 Å². The molecule has 8 heteroatoms. The van der Waals surface area contributed by atoms with Gasteiger partial charge < -0.3 is 9.30 Å². The molecule has 0 saturated heterocycles. The molecule has 0 aliphatic heterocycles. The number of hydrogen-bond acceptors (Lipinski definition) is 5. The second kappa shape index (κ2) is 7.06. The zero-order valence-electron chi connectivity index (χ0n) is 12.8. The van der Waals surface area contributed by atoms with Crippen LogP contribution in [0.5, 0.6) is 0 Å². The van der Waals surface area contributed by atoms with Crippen LogP contribution in [0, 0.1) is 0 Å². The lowest BCUT2D eigenvalue weighted by atomic mass is 10.2. The number of unbranched alkanes of at least 4 members (excludes halogenated alkanes) is 1. The third kappa shape index (κ3) is 3.26. The van der Waals surface area contributed by atoms with Gasteiger partial charge in [0.15, 0.2) is 11.2 Å². The number of nitrogens with zero attached hydrogens (tertiary/aromatic N) is 3. The van der Waals surface area contributed by atoms with Gasteiger partial charge in [0, 0.05) is 19.5 Å². The first-order chi connectivity index (χ1) is 10.6. The minimum Gasteiger partial charge on any atom is -0.466 e. The van der Waals surface area contributed by atoms with Crippen LogP contribution >= 0.6 is 0 Å². The van der Waals surface area contributed by atoms with Crippen LogP contribution in [0.25, 0.3) is 11.2 Å². The fourth-order valence-corrected chi connectivity index (χ4v) is 2.30. The van der Waals surface area contributed by atoms with Crippen LogP contribution in [0.1, 0.15) is 33.1 Å². The lowest BCUT2D eigenvalue weighted by Crippen LogP contribution is -2.35. The van der Waals surface area contributed by atoms with E-state index in [1.807, 2.05) is 6.92 Å². The quantitative estimate of drug-likeness (QED) is 0.598. The third-order valence-corrected chi connectivity index (χ3v) is 3.41. The minimum atomic E-state index is -0.477. The maximum Gasteiger partial charge on any atom is 0.330 e. The Morgan fingerprint density at radius 1 is 1.32 bits per heavy atom. The molecule has 120 valence electrons. The highest BCUT2D eigenvalue weighted by atomic mass is 16.5. The van der Waals surface area contributed by atoms with Gasteiger partial charge in [-0.2, -0.15) is 0 Å². The van der Waals surface area contributed by atoms with Gasteiger partial charge in [0.2, 0.25) is 0 Å². The van der Waals surface area contributed by atoms with Crippen molar-refractivity contribution < 1.29 is 9.53 Å². The second-order valence-corrected chi connectivity index (χ2v) is 4.88. The van der Waals surface area contributed by atoms with Gasteiger partial charge in [-0.15, -0.1) is 0 Å². The zero-order chi connectivity index (χ0) is 16.1. The van der Waals surface area contributed by atoms with Crippen molar-refractivity contribution in [2.24, 2.45) is 0 Å². The summed E-state index contributed by atoms with van der Waals surface area (Å²) in [7, 11) is 0. The number of H-pyrrole nitrogens is 1. The summed E-state index contributed by atoms with van der Waals surface area (Å²) in [5.74, 6) is -0.261. The van der Waals surface area contributed by atoms with Crippen molar-refractivity contribution in [3.8, 4) is 0 Å². The Balaban J connectivity index is 2.13.